The van der Waals surface area contributed by atoms with E-state index >= 15 is 0 Å². The Morgan fingerprint density at radius 2 is 1.93 bits per heavy atom. The first-order valence-corrected chi connectivity index (χ1v) is 8.26. The molecule has 3 rings (SSSR count). The maximum Gasteiger partial charge on any atom is 0.213 e. The summed E-state index contributed by atoms with van der Waals surface area (Å²) in [5.41, 5.74) is 4.00. The van der Waals surface area contributed by atoms with E-state index in [0.717, 1.165) is 16.8 Å². The lowest BCUT2D eigenvalue weighted by molar-refractivity contribution is -0.108. The van der Waals surface area contributed by atoms with Crippen LogP contribution < -0.4 is 20.1 Å². The highest BCUT2D eigenvalue weighted by Crippen LogP contribution is 2.37. The first-order valence-electron chi connectivity index (χ1n) is 8.26. The maximum absolute atomic E-state index is 10.7. The Morgan fingerprint density at radius 1 is 1.15 bits per heavy atom. The number of hydrogen-bond donors (Lipinski definition) is 3. The van der Waals surface area contributed by atoms with Crippen LogP contribution in [0.25, 0.3) is 22.2 Å². The molecule has 1 amide bonds. The Kier molecular flexibility index (Phi) is 5.21. The highest BCUT2D eigenvalue weighted by Gasteiger charge is 2.15. The van der Waals surface area contributed by atoms with Gasteiger partial charge in [0.05, 0.1) is 25.6 Å². The molecular formula is C20H20N4O3. The van der Waals surface area contributed by atoms with Crippen LogP contribution in [0.15, 0.2) is 42.5 Å². The number of carbonyl (C=O) groups is 1. The smallest absolute Gasteiger partial charge is 0.213 e. The first kappa shape index (κ1) is 18.2. The van der Waals surface area contributed by atoms with Crippen molar-refractivity contribution >= 4 is 29.0 Å². The zero-order valence-corrected chi connectivity index (χ0v) is 15.3. The third-order valence-corrected chi connectivity index (χ3v) is 4.19. The van der Waals surface area contributed by atoms with E-state index in [1.165, 1.54) is 0 Å². The van der Waals surface area contributed by atoms with E-state index in [-0.39, 0.29) is 5.96 Å². The number of guanidine groups is 1. The first-order chi connectivity index (χ1) is 13.1. The number of methoxy groups -OCH3 is 2. The van der Waals surface area contributed by atoms with Crippen LogP contribution in [0.4, 0.5) is 5.69 Å². The van der Waals surface area contributed by atoms with Gasteiger partial charge in [-0.25, -0.2) is 4.98 Å². The van der Waals surface area contributed by atoms with Gasteiger partial charge in [0.1, 0.15) is 17.0 Å². The van der Waals surface area contributed by atoms with Gasteiger partial charge in [-0.15, -0.1) is 0 Å². The van der Waals surface area contributed by atoms with Gasteiger partial charge in [0, 0.05) is 17.0 Å². The summed E-state index contributed by atoms with van der Waals surface area (Å²) in [4.78, 5) is 15.4. The number of hydrogen-bond acceptors (Lipinski definition) is 5. The minimum absolute atomic E-state index is 0.143. The molecule has 0 unspecified atom stereocenters. The average molecular weight is 364 g/mol. The number of rotatable bonds is 5. The van der Waals surface area contributed by atoms with Crippen LogP contribution in [-0.4, -0.2) is 31.6 Å². The number of aryl methyl sites for hydroxylation is 1. The van der Waals surface area contributed by atoms with E-state index in [1.807, 2.05) is 43.3 Å². The van der Waals surface area contributed by atoms with Crippen molar-refractivity contribution < 1.29 is 14.3 Å². The SMILES string of the molecule is COc1cc(OC)c2nc(-c3ccccc3C)cc(NC(=N)NC=O)c2c1. The van der Waals surface area contributed by atoms with E-state index < -0.39 is 0 Å². The number of nitrogens with one attached hydrogen (secondary N) is 3. The number of carbonyl (C=O) groups excluding carboxylic acids is 1. The van der Waals surface area contributed by atoms with Gasteiger partial charge in [0.15, 0.2) is 5.96 Å². The molecule has 0 atom stereocenters. The molecule has 0 saturated carbocycles. The van der Waals surface area contributed by atoms with E-state index in [4.69, 9.17) is 19.9 Å². The topological polar surface area (TPSA) is 96.3 Å². The Hall–Kier alpha value is -3.61. The van der Waals surface area contributed by atoms with Gasteiger partial charge in [0.25, 0.3) is 0 Å². The lowest BCUT2D eigenvalue weighted by atomic mass is 10.0. The largest absolute Gasteiger partial charge is 0.497 e. The quantitative estimate of drug-likeness (QED) is 0.367. The van der Waals surface area contributed by atoms with Crippen LogP contribution in [0.3, 0.4) is 0 Å². The molecule has 0 radical (unpaired) electrons. The molecule has 2 aromatic carbocycles. The van der Waals surface area contributed by atoms with Crippen molar-refractivity contribution in [1.82, 2.24) is 10.3 Å². The summed E-state index contributed by atoms with van der Waals surface area (Å²) in [6.45, 7) is 2.01. The van der Waals surface area contributed by atoms with Crippen molar-refractivity contribution in [2.45, 2.75) is 6.92 Å². The summed E-state index contributed by atoms with van der Waals surface area (Å²) in [7, 11) is 3.14. The van der Waals surface area contributed by atoms with Crippen LogP contribution >= 0.6 is 0 Å². The number of fused-ring (bicyclic) bond motifs is 1. The van der Waals surface area contributed by atoms with Crippen LogP contribution in [0, 0.1) is 12.3 Å². The molecule has 0 aliphatic carbocycles. The highest BCUT2D eigenvalue weighted by molar-refractivity contribution is 6.06. The fourth-order valence-corrected chi connectivity index (χ4v) is 2.88. The fraction of sp³-hybridized carbons (Fsp3) is 0.150. The third-order valence-electron chi connectivity index (χ3n) is 4.19. The average Bonchev–Trinajstić information content (AvgIpc) is 2.67. The fourth-order valence-electron chi connectivity index (χ4n) is 2.88. The van der Waals surface area contributed by atoms with Crippen molar-refractivity contribution in [3.05, 3.63) is 48.0 Å². The van der Waals surface area contributed by atoms with Crippen LogP contribution in [0.2, 0.25) is 0 Å². The lowest BCUT2D eigenvalue weighted by Crippen LogP contribution is -2.28. The third kappa shape index (κ3) is 3.67. The molecule has 0 saturated heterocycles. The van der Waals surface area contributed by atoms with Crippen molar-refractivity contribution in [3.8, 4) is 22.8 Å². The van der Waals surface area contributed by atoms with Crippen LogP contribution in [0.5, 0.6) is 11.5 Å². The summed E-state index contributed by atoms with van der Waals surface area (Å²) in [6.07, 6.45) is 0.447. The minimum Gasteiger partial charge on any atom is -0.497 e. The van der Waals surface area contributed by atoms with E-state index in [0.29, 0.717) is 34.5 Å². The van der Waals surface area contributed by atoms with Crippen molar-refractivity contribution in [3.63, 3.8) is 0 Å². The molecule has 7 nitrogen and oxygen atoms in total. The van der Waals surface area contributed by atoms with Crippen LogP contribution in [0.1, 0.15) is 5.56 Å². The Balaban J connectivity index is 2.28. The monoisotopic (exact) mass is 364 g/mol. The summed E-state index contributed by atoms with van der Waals surface area (Å²) in [6, 6.07) is 13.3. The molecule has 0 bridgehead atoms. The summed E-state index contributed by atoms with van der Waals surface area (Å²) < 4.78 is 10.8. The van der Waals surface area contributed by atoms with Crippen molar-refractivity contribution in [2.24, 2.45) is 0 Å². The maximum atomic E-state index is 10.7. The number of anilines is 1. The van der Waals surface area contributed by atoms with E-state index in [1.54, 1.807) is 20.3 Å². The Labute approximate surface area is 156 Å². The highest BCUT2D eigenvalue weighted by atomic mass is 16.5. The number of pyridine rings is 1. The zero-order valence-electron chi connectivity index (χ0n) is 15.3. The van der Waals surface area contributed by atoms with Crippen molar-refractivity contribution in [1.29, 1.82) is 5.41 Å². The molecule has 0 aliphatic rings. The predicted molar refractivity (Wildman–Crippen MR) is 106 cm³/mol. The van der Waals surface area contributed by atoms with Gasteiger partial charge in [-0.1, -0.05) is 24.3 Å². The Morgan fingerprint density at radius 3 is 2.59 bits per heavy atom. The second-order valence-corrected chi connectivity index (χ2v) is 5.86. The number of nitrogens with zero attached hydrogens (tertiary/aromatic N) is 1. The van der Waals surface area contributed by atoms with Crippen LogP contribution in [-0.2, 0) is 4.79 Å². The van der Waals surface area contributed by atoms with E-state index in [2.05, 4.69) is 10.6 Å². The summed E-state index contributed by atoms with van der Waals surface area (Å²) >= 11 is 0. The lowest BCUT2D eigenvalue weighted by Gasteiger charge is -2.16. The van der Waals surface area contributed by atoms with Gasteiger partial charge in [0.2, 0.25) is 6.41 Å². The van der Waals surface area contributed by atoms with Gasteiger partial charge in [-0.3, -0.25) is 15.5 Å². The molecule has 27 heavy (non-hydrogen) atoms. The molecule has 7 heteroatoms. The normalized spacial score (nSPS) is 10.3. The molecule has 0 aliphatic heterocycles. The molecule has 0 spiro atoms. The zero-order chi connectivity index (χ0) is 19.4. The van der Waals surface area contributed by atoms with Crippen molar-refractivity contribution in [2.75, 3.05) is 19.5 Å². The second kappa shape index (κ2) is 7.74. The Bertz CT molecular complexity index is 1020. The number of amides is 1. The molecule has 1 aromatic heterocycles. The summed E-state index contributed by atoms with van der Waals surface area (Å²) in [5, 5.41) is 13.8. The van der Waals surface area contributed by atoms with Gasteiger partial charge in [-0.2, -0.15) is 0 Å². The van der Waals surface area contributed by atoms with Gasteiger partial charge < -0.3 is 14.8 Å². The minimum atomic E-state index is -0.143. The molecule has 138 valence electrons. The number of benzene rings is 2. The summed E-state index contributed by atoms with van der Waals surface area (Å²) in [5.74, 6) is 1.01. The number of aromatic nitrogens is 1. The molecule has 0 fully saturated rings. The van der Waals surface area contributed by atoms with Gasteiger partial charge in [-0.05, 0) is 24.6 Å². The standard InChI is InChI=1S/C20H20N4O3/c1-12-6-4-5-7-14(12)16-10-17(24-20(21)22-11-25)15-8-13(26-2)9-18(27-3)19(15)23-16/h4-11H,1-3H3,(H3,21,22,23,24,25). The van der Waals surface area contributed by atoms with E-state index in [9.17, 15) is 4.79 Å². The van der Waals surface area contributed by atoms with Gasteiger partial charge >= 0.3 is 0 Å². The number of ether oxygens (including phenoxy) is 2. The second-order valence-electron chi connectivity index (χ2n) is 5.86. The molecular weight excluding hydrogens is 344 g/mol. The predicted octanol–water partition coefficient (Wildman–Crippen LogP) is 3.32. The molecule has 3 N–H and O–H groups in total. The molecule has 3 aromatic rings. The molecule has 1 heterocycles.